The zero-order valence-electron chi connectivity index (χ0n) is 14.8. The van der Waals surface area contributed by atoms with Crippen molar-refractivity contribution in [3.63, 3.8) is 0 Å². The first kappa shape index (κ1) is 19.5. The Morgan fingerprint density at radius 1 is 1.04 bits per heavy atom. The third kappa shape index (κ3) is 5.10. The van der Waals surface area contributed by atoms with E-state index in [0.29, 0.717) is 17.3 Å². The molecule has 8 N–H and O–H groups in total. The summed E-state index contributed by atoms with van der Waals surface area (Å²) in [4.78, 5) is 8.20. The van der Waals surface area contributed by atoms with Gasteiger partial charge in [-0.1, -0.05) is 22.0 Å². The van der Waals surface area contributed by atoms with E-state index in [4.69, 9.17) is 22.9 Å². The first-order valence-electron chi connectivity index (χ1n) is 8.06. The van der Waals surface area contributed by atoms with Gasteiger partial charge in [0.05, 0.1) is 5.69 Å². The number of aromatic nitrogens is 1. The monoisotopic (exact) mass is 414 g/mol. The second kappa shape index (κ2) is 8.53. The van der Waals surface area contributed by atoms with E-state index in [1.54, 1.807) is 6.20 Å². The van der Waals surface area contributed by atoms with Crippen molar-refractivity contribution in [3.8, 4) is 0 Å². The molecule has 3 aromatic rings. The Labute approximate surface area is 161 Å². The first-order chi connectivity index (χ1) is 12.3. The fraction of sp³-hybridized carbons (Fsp3) is 0.158. The molecule has 0 unspecified atom stereocenters. The van der Waals surface area contributed by atoms with Crippen molar-refractivity contribution in [1.82, 2.24) is 4.98 Å². The number of amidine groups is 1. The van der Waals surface area contributed by atoms with Crippen LogP contribution in [0.15, 0.2) is 58.1 Å². The molecule has 0 aliphatic heterocycles. The number of nitrogens with zero attached hydrogens (tertiary/aromatic N) is 2. The second-order valence-electron chi connectivity index (χ2n) is 6.02. The van der Waals surface area contributed by atoms with Crippen molar-refractivity contribution >= 4 is 49.7 Å². The number of benzene rings is 2. The summed E-state index contributed by atoms with van der Waals surface area (Å²) < 4.78 is 0.984. The lowest BCUT2D eigenvalue weighted by Gasteiger charge is -2.04. The summed E-state index contributed by atoms with van der Waals surface area (Å²) >= 11 is 3.37. The normalized spacial score (nSPS) is 11.3. The molecule has 0 fully saturated rings. The summed E-state index contributed by atoms with van der Waals surface area (Å²) in [7, 11) is 0. The summed E-state index contributed by atoms with van der Waals surface area (Å²) in [6, 6.07) is 13.4. The van der Waals surface area contributed by atoms with Crippen LogP contribution in [0.2, 0.25) is 0 Å². The highest BCUT2D eigenvalue weighted by molar-refractivity contribution is 9.10. The number of hydrogen-bond donors (Lipinski definition) is 4. The maximum absolute atomic E-state index is 5.78. The van der Waals surface area contributed by atoms with E-state index in [1.807, 2.05) is 56.3 Å². The highest BCUT2D eigenvalue weighted by Gasteiger charge is 2.02. The fourth-order valence-corrected chi connectivity index (χ4v) is 2.59. The number of anilines is 3. The molecule has 136 valence electrons. The van der Waals surface area contributed by atoms with Gasteiger partial charge in [-0.05, 0) is 50.2 Å². The average molecular weight is 415 g/mol. The minimum Gasteiger partial charge on any atom is -0.399 e. The third-order valence-electron chi connectivity index (χ3n) is 3.53. The molecule has 1 aromatic heterocycles. The van der Waals surface area contributed by atoms with E-state index in [9.17, 15) is 0 Å². The maximum atomic E-state index is 5.78. The van der Waals surface area contributed by atoms with E-state index in [2.05, 4.69) is 25.9 Å². The lowest BCUT2D eigenvalue weighted by atomic mass is 10.1. The van der Waals surface area contributed by atoms with Gasteiger partial charge in [-0.3, -0.25) is 4.99 Å². The number of pyridine rings is 1. The van der Waals surface area contributed by atoms with Gasteiger partial charge in [0.15, 0.2) is 0 Å². The van der Waals surface area contributed by atoms with Crippen molar-refractivity contribution in [1.29, 1.82) is 0 Å². The number of halogens is 1. The number of hydrogen-bond acceptors (Lipinski definition) is 5. The van der Waals surface area contributed by atoms with Gasteiger partial charge in [-0.2, -0.15) is 0 Å². The van der Waals surface area contributed by atoms with E-state index >= 15 is 0 Å². The van der Waals surface area contributed by atoms with Gasteiger partial charge in [0, 0.05) is 38.7 Å². The number of aliphatic imine (C=N–C) groups is 1. The molecule has 2 aromatic carbocycles. The van der Waals surface area contributed by atoms with Crippen molar-refractivity contribution in [2.75, 3.05) is 17.2 Å². The van der Waals surface area contributed by atoms with Gasteiger partial charge in [-0.15, -0.1) is 0 Å². The predicted octanol–water partition coefficient (Wildman–Crippen LogP) is 3.54. The fourth-order valence-electron chi connectivity index (χ4n) is 2.23. The third-order valence-corrected chi connectivity index (χ3v) is 4.02. The number of nitrogen functional groups attached to an aromatic ring is 3. The van der Waals surface area contributed by atoms with Gasteiger partial charge in [0.2, 0.25) is 0 Å². The van der Waals surface area contributed by atoms with Crippen LogP contribution in [0.4, 0.5) is 17.2 Å². The molecular formula is C19H23BrN6. The SMILES string of the molecule is CC(C)N=C(N)c1ccc(N)cc1.Nc1ncc2ccc(Br)cc2c1N. The lowest BCUT2D eigenvalue weighted by molar-refractivity contribution is 0.834. The molecule has 0 saturated carbocycles. The molecule has 3 rings (SSSR count). The number of rotatable bonds is 2. The molecule has 6 nitrogen and oxygen atoms in total. The summed E-state index contributed by atoms with van der Waals surface area (Å²) in [5.41, 5.74) is 24.9. The van der Waals surface area contributed by atoms with Crippen molar-refractivity contribution < 1.29 is 0 Å². The summed E-state index contributed by atoms with van der Waals surface area (Å²) in [6.07, 6.45) is 1.72. The van der Waals surface area contributed by atoms with Gasteiger partial charge in [-0.25, -0.2) is 4.98 Å². The highest BCUT2D eigenvalue weighted by Crippen LogP contribution is 2.27. The van der Waals surface area contributed by atoms with Gasteiger partial charge < -0.3 is 22.9 Å². The van der Waals surface area contributed by atoms with Crippen molar-refractivity contribution in [2.45, 2.75) is 19.9 Å². The molecule has 0 spiro atoms. The van der Waals surface area contributed by atoms with Gasteiger partial charge in [0.1, 0.15) is 11.7 Å². The van der Waals surface area contributed by atoms with Crippen LogP contribution in [0.3, 0.4) is 0 Å². The Hall–Kier alpha value is -2.80. The standard InChI is InChI=1S/C10H15N3.C9H8BrN3/c1-7(2)13-10(12)8-3-5-9(11)6-4-8;10-6-2-1-5-4-13-9(12)8(11)7(5)3-6/h3-7H,11H2,1-2H3,(H2,12,13);1-4H,11H2,(H2,12,13). The molecular weight excluding hydrogens is 392 g/mol. The van der Waals surface area contributed by atoms with Crippen molar-refractivity contribution in [3.05, 3.63) is 58.7 Å². The summed E-state index contributed by atoms with van der Waals surface area (Å²) in [5.74, 6) is 0.945. The topological polar surface area (TPSA) is 129 Å². The van der Waals surface area contributed by atoms with Gasteiger partial charge >= 0.3 is 0 Å². The minimum atomic E-state index is 0.220. The lowest BCUT2D eigenvalue weighted by Crippen LogP contribution is -2.15. The van der Waals surface area contributed by atoms with Crippen LogP contribution < -0.4 is 22.9 Å². The van der Waals surface area contributed by atoms with Crippen LogP contribution in [0.5, 0.6) is 0 Å². The molecule has 0 amide bonds. The quantitative estimate of drug-likeness (QED) is 0.289. The predicted molar refractivity (Wildman–Crippen MR) is 115 cm³/mol. The summed E-state index contributed by atoms with van der Waals surface area (Å²) in [5, 5.41) is 1.93. The van der Waals surface area contributed by atoms with Gasteiger partial charge in [0.25, 0.3) is 0 Å². The smallest absolute Gasteiger partial charge is 0.147 e. The Kier molecular flexibility index (Phi) is 6.41. The molecule has 0 aliphatic rings. The van der Waals surface area contributed by atoms with Crippen LogP contribution in [-0.2, 0) is 0 Å². The Balaban J connectivity index is 0.000000187. The van der Waals surface area contributed by atoms with Crippen LogP contribution in [0.25, 0.3) is 10.8 Å². The maximum Gasteiger partial charge on any atom is 0.147 e. The molecule has 0 aliphatic carbocycles. The zero-order chi connectivity index (χ0) is 19.3. The molecule has 1 heterocycles. The van der Waals surface area contributed by atoms with Crippen LogP contribution in [0.1, 0.15) is 19.4 Å². The Morgan fingerprint density at radius 2 is 1.69 bits per heavy atom. The van der Waals surface area contributed by atoms with Crippen LogP contribution in [0, 0.1) is 0 Å². The first-order valence-corrected chi connectivity index (χ1v) is 8.85. The highest BCUT2D eigenvalue weighted by atomic mass is 79.9. The summed E-state index contributed by atoms with van der Waals surface area (Å²) in [6.45, 7) is 3.98. The Morgan fingerprint density at radius 3 is 2.31 bits per heavy atom. The minimum absolute atomic E-state index is 0.220. The second-order valence-corrected chi connectivity index (χ2v) is 6.93. The molecule has 0 bridgehead atoms. The van der Waals surface area contributed by atoms with Crippen LogP contribution >= 0.6 is 15.9 Å². The molecule has 7 heteroatoms. The van der Waals surface area contributed by atoms with E-state index in [0.717, 1.165) is 26.5 Å². The molecule has 0 radical (unpaired) electrons. The molecule has 26 heavy (non-hydrogen) atoms. The van der Waals surface area contributed by atoms with E-state index in [-0.39, 0.29) is 6.04 Å². The number of fused-ring (bicyclic) bond motifs is 1. The molecule has 0 atom stereocenters. The zero-order valence-corrected chi connectivity index (χ0v) is 16.4. The van der Waals surface area contributed by atoms with Crippen LogP contribution in [-0.4, -0.2) is 16.9 Å². The number of nitrogens with two attached hydrogens (primary N) is 4. The van der Waals surface area contributed by atoms with E-state index in [1.165, 1.54) is 0 Å². The van der Waals surface area contributed by atoms with E-state index < -0.39 is 0 Å². The van der Waals surface area contributed by atoms with Crippen molar-refractivity contribution in [2.24, 2.45) is 10.7 Å². The average Bonchev–Trinajstić information content (AvgIpc) is 2.59. The largest absolute Gasteiger partial charge is 0.399 e. The molecule has 0 saturated heterocycles. The Bertz CT molecular complexity index is 914.